The number of rotatable bonds is 7. The fourth-order valence-corrected chi connectivity index (χ4v) is 3.74. The number of aromatic nitrogens is 5. The monoisotopic (exact) mass is 462 g/mol. The zero-order valence-electron chi connectivity index (χ0n) is 19.7. The summed E-state index contributed by atoms with van der Waals surface area (Å²) < 4.78 is 14.1. The summed E-state index contributed by atoms with van der Waals surface area (Å²) in [5.41, 5.74) is 4.27. The van der Waals surface area contributed by atoms with Crippen LogP contribution >= 0.6 is 0 Å². The second-order valence-corrected chi connectivity index (χ2v) is 8.11. The first kappa shape index (κ1) is 23.0. The quantitative estimate of drug-likeness (QED) is 0.418. The lowest BCUT2D eigenvalue weighted by molar-refractivity contribution is -0.119. The van der Waals surface area contributed by atoms with Gasteiger partial charge in [-0.25, -0.2) is 14.8 Å². The van der Waals surface area contributed by atoms with E-state index in [1.165, 1.54) is 4.68 Å². The van der Waals surface area contributed by atoms with Gasteiger partial charge in [0.25, 0.3) is 11.9 Å². The zero-order chi connectivity index (χ0) is 24.4. The van der Waals surface area contributed by atoms with Gasteiger partial charge in [-0.1, -0.05) is 0 Å². The van der Waals surface area contributed by atoms with Gasteiger partial charge in [-0.3, -0.25) is 4.79 Å². The fourth-order valence-electron chi connectivity index (χ4n) is 3.74. The van der Waals surface area contributed by atoms with Crippen LogP contribution in [0.3, 0.4) is 0 Å². The number of hydrogen-bond acceptors (Lipinski definition) is 7. The number of ether oxygens (including phenoxy) is 1. The zero-order valence-corrected chi connectivity index (χ0v) is 19.7. The van der Waals surface area contributed by atoms with Gasteiger partial charge in [0, 0.05) is 28.8 Å². The van der Waals surface area contributed by atoms with Crippen LogP contribution in [-0.4, -0.2) is 42.8 Å². The average molecular weight is 463 g/mol. The van der Waals surface area contributed by atoms with Crippen LogP contribution in [0.4, 0.5) is 5.82 Å². The molecule has 4 aromatic heterocycles. The first-order valence-electron chi connectivity index (χ1n) is 10.8. The minimum Gasteiger partial charge on any atom is -0.467 e. The Balaban J connectivity index is 1.43. The number of nitrogens with one attached hydrogen (secondary N) is 1. The summed E-state index contributed by atoms with van der Waals surface area (Å²) in [6.07, 6.45) is 1.61. The summed E-state index contributed by atoms with van der Waals surface area (Å²) in [7, 11) is 0. The van der Waals surface area contributed by atoms with Gasteiger partial charge >= 0.3 is 5.97 Å². The summed E-state index contributed by atoms with van der Waals surface area (Å²) in [4.78, 5) is 34.0. The smallest absolute Gasteiger partial charge is 0.340 e. The third-order valence-corrected chi connectivity index (χ3v) is 5.28. The van der Waals surface area contributed by atoms with Crippen molar-refractivity contribution in [2.45, 2.75) is 41.2 Å². The van der Waals surface area contributed by atoms with Gasteiger partial charge in [-0.05, 0) is 58.9 Å². The number of amides is 1. The molecule has 34 heavy (non-hydrogen) atoms. The van der Waals surface area contributed by atoms with E-state index in [0.29, 0.717) is 29.6 Å². The number of carbonyl (C=O) groups excluding carboxylic acids is 2. The van der Waals surface area contributed by atoms with E-state index in [-0.39, 0.29) is 0 Å². The van der Waals surface area contributed by atoms with Gasteiger partial charge in [-0.15, -0.1) is 0 Å². The third kappa shape index (κ3) is 4.90. The van der Waals surface area contributed by atoms with Gasteiger partial charge in [0.2, 0.25) is 0 Å². The Morgan fingerprint density at radius 3 is 2.44 bits per heavy atom. The molecule has 10 heteroatoms. The summed E-state index contributed by atoms with van der Waals surface area (Å²) in [6.45, 7) is 9.31. The molecule has 0 saturated heterocycles. The highest BCUT2D eigenvalue weighted by Crippen LogP contribution is 2.19. The average Bonchev–Trinajstić information content (AvgIpc) is 3.48. The Hall–Kier alpha value is -4.21. The molecule has 0 aromatic carbocycles. The van der Waals surface area contributed by atoms with Gasteiger partial charge in [0.1, 0.15) is 11.6 Å². The second kappa shape index (κ2) is 9.34. The molecule has 4 aromatic rings. The largest absolute Gasteiger partial charge is 0.467 e. The molecule has 176 valence electrons. The number of nitrogens with zero attached hydrogens (tertiary/aromatic N) is 5. The Bertz CT molecular complexity index is 1330. The lowest BCUT2D eigenvalue weighted by Gasteiger charge is -2.10. The van der Waals surface area contributed by atoms with E-state index in [9.17, 15) is 9.59 Å². The van der Waals surface area contributed by atoms with Crippen LogP contribution in [0, 0.1) is 34.6 Å². The molecule has 10 nitrogen and oxygen atoms in total. The number of carbonyl (C=O) groups is 2. The molecule has 0 radical (unpaired) electrons. The van der Waals surface area contributed by atoms with E-state index < -0.39 is 18.5 Å². The second-order valence-electron chi connectivity index (χ2n) is 8.11. The topological polar surface area (TPSA) is 117 Å². The van der Waals surface area contributed by atoms with Crippen molar-refractivity contribution in [3.05, 3.63) is 76.4 Å². The van der Waals surface area contributed by atoms with E-state index >= 15 is 0 Å². The summed E-state index contributed by atoms with van der Waals surface area (Å²) in [6, 6.07) is 8.98. The fraction of sp³-hybridized carbons (Fsp3) is 0.292. The molecule has 0 saturated carbocycles. The molecule has 0 aliphatic heterocycles. The van der Waals surface area contributed by atoms with Crippen molar-refractivity contribution in [1.82, 2.24) is 24.3 Å². The first-order chi connectivity index (χ1) is 16.2. The number of esters is 1. The Labute approximate surface area is 196 Å². The van der Waals surface area contributed by atoms with Gasteiger partial charge in [-0.2, -0.15) is 9.78 Å². The highest BCUT2D eigenvalue weighted by atomic mass is 16.5. The Kier molecular flexibility index (Phi) is 6.31. The summed E-state index contributed by atoms with van der Waals surface area (Å²) in [5, 5.41) is 7.10. The maximum atomic E-state index is 12.7. The van der Waals surface area contributed by atoms with Crippen molar-refractivity contribution in [3.8, 4) is 5.95 Å². The van der Waals surface area contributed by atoms with Crippen LogP contribution in [0.5, 0.6) is 0 Å². The SMILES string of the molecule is Cc1cc(C)nc(-n2nc(C)cc2NC(=O)COC(=O)c2cc(C)n(Cc3ccco3)c2C)n1. The van der Waals surface area contributed by atoms with Crippen molar-refractivity contribution < 1.29 is 18.7 Å². The standard InChI is InChI=1S/C24H26N6O4/c1-14-9-15(2)26-24(25-14)30-21(10-16(3)28-30)27-22(31)13-34-23(32)20-11-17(4)29(18(20)5)12-19-7-6-8-33-19/h6-11H,12-13H2,1-5H3,(H,27,31). The van der Waals surface area contributed by atoms with Crippen LogP contribution in [0.15, 0.2) is 41.0 Å². The lowest BCUT2D eigenvalue weighted by Crippen LogP contribution is -2.23. The van der Waals surface area contributed by atoms with Crippen molar-refractivity contribution in [3.63, 3.8) is 0 Å². The van der Waals surface area contributed by atoms with Crippen LogP contribution in [0.1, 0.15) is 44.6 Å². The highest BCUT2D eigenvalue weighted by molar-refractivity contribution is 5.96. The normalized spacial score (nSPS) is 11.0. The van der Waals surface area contributed by atoms with Gasteiger partial charge in [0.15, 0.2) is 6.61 Å². The van der Waals surface area contributed by atoms with Crippen molar-refractivity contribution in [2.75, 3.05) is 11.9 Å². The Morgan fingerprint density at radius 1 is 1.03 bits per heavy atom. The number of aryl methyl sites for hydroxylation is 4. The van der Waals surface area contributed by atoms with Gasteiger partial charge in [0.05, 0.1) is 24.1 Å². The van der Waals surface area contributed by atoms with Crippen LogP contribution in [0.2, 0.25) is 0 Å². The third-order valence-electron chi connectivity index (χ3n) is 5.28. The van der Waals surface area contributed by atoms with Crippen LogP contribution in [0.25, 0.3) is 5.95 Å². The molecule has 4 heterocycles. The molecule has 0 spiro atoms. The van der Waals surface area contributed by atoms with Crippen molar-refractivity contribution in [2.24, 2.45) is 0 Å². The minimum atomic E-state index is -0.573. The van der Waals surface area contributed by atoms with E-state index in [0.717, 1.165) is 28.5 Å². The van der Waals surface area contributed by atoms with E-state index in [4.69, 9.17) is 9.15 Å². The molecular weight excluding hydrogens is 436 g/mol. The van der Waals surface area contributed by atoms with E-state index in [2.05, 4.69) is 20.4 Å². The molecule has 0 aliphatic carbocycles. The molecule has 1 N–H and O–H groups in total. The number of hydrogen-bond donors (Lipinski definition) is 1. The van der Waals surface area contributed by atoms with E-state index in [1.54, 1.807) is 25.3 Å². The minimum absolute atomic E-state index is 0.349. The Morgan fingerprint density at radius 2 is 1.76 bits per heavy atom. The maximum Gasteiger partial charge on any atom is 0.340 e. The lowest BCUT2D eigenvalue weighted by atomic mass is 10.2. The predicted molar refractivity (Wildman–Crippen MR) is 124 cm³/mol. The van der Waals surface area contributed by atoms with Crippen molar-refractivity contribution in [1.29, 1.82) is 0 Å². The highest BCUT2D eigenvalue weighted by Gasteiger charge is 2.20. The van der Waals surface area contributed by atoms with Crippen LogP contribution in [-0.2, 0) is 16.1 Å². The molecule has 0 unspecified atom stereocenters. The predicted octanol–water partition coefficient (Wildman–Crippen LogP) is 3.44. The summed E-state index contributed by atoms with van der Waals surface area (Å²) in [5.74, 6) is 0.447. The number of furan rings is 1. The van der Waals surface area contributed by atoms with Crippen molar-refractivity contribution >= 4 is 17.7 Å². The molecule has 0 atom stereocenters. The number of anilines is 1. The van der Waals surface area contributed by atoms with Crippen LogP contribution < -0.4 is 5.32 Å². The molecule has 1 amide bonds. The molecule has 0 aliphatic rings. The summed E-state index contributed by atoms with van der Waals surface area (Å²) >= 11 is 0. The van der Waals surface area contributed by atoms with Gasteiger partial charge < -0.3 is 19.0 Å². The molecule has 0 fully saturated rings. The van der Waals surface area contributed by atoms with E-state index in [1.807, 2.05) is 50.5 Å². The maximum absolute atomic E-state index is 12.7. The first-order valence-corrected chi connectivity index (χ1v) is 10.8. The molecule has 4 rings (SSSR count). The molecular formula is C24H26N6O4. The molecule has 0 bridgehead atoms.